The first-order valence-corrected chi connectivity index (χ1v) is 9.48. The van der Waals surface area contributed by atoms with E-state index >= 15 is 0 Å². The number of carbonyl (C=O) groups excluding carboxylic acids is 1. The van der Waals surface area contributed by atoms with Gasteiger partial charge >= 0.3 is 7.82 Å². The normalized spacial score (nSPS) is 12.8. The van der Waals surface area contributed by atoms with E-state index in [0.717, 1.165) is 0 Å². The molecule has 0 saturated carbocycles. The first-order chi connectivity index (χ1) is 12.4. The zero-order valence-corrected chi connectivity index (χ0v) is 15.1. The minimum absolute atomic E-state index is 0.0257. The summed E-state index contributed by atoms with van der Waals surface area (Å²) in [5.74, 6) is -0.0878. The maximum atomic E-state index is 12.4. The summed E-state index contributed by atoms with van der Waals surface area (Å²) in [4.78, 5) is 22.3. The highest BCUT2D eigenvalue weighted by Gasteiger charge is 2.26. The van der Waals surface area contributed by atoms with Gasteiger partial charge in [0, 0.05) is 11.1 Å². The van der Waals surface area contributed by atoms with Crippen LogP contribution in [0.3, 0.4) is 0 Å². The molecule has 0 aliphatic heterocycles. The molecule has 5 nitrogen and oxygen atoms in total. The molecule has 0 spiro atoms. The van der Waals surface area contributed by atoms with Crippen molar-refractivity contribution in [3.63, 3.8) is 0 Å². The molecule has 3 rings (SSSR count). The maximum absolute atomic E-state index is 12.4. The summed E-state index contributed by atoms with van der Waals surface area (Å²) in [6.45, 7) is 0. The van der Waals surface area contributed by atoms with Gasteiger partial charge < -0.3 is 9.05 Å². The SMILES string of the molecule is O=C(c1ccccc1)c1ccc(OP(=O)(O)Oc2ccccc2)c(Cl)c1. The molecular weight excluding hydrogens is 375 g/mol. The van der Waals surface area contributed by atoms with Crippen LogP contribution >= 0.6 is 19.4 Å². The largest absolute Gasteiger partial charge is 0.584 e. The van der Waals surface area contributed by atoms with E-state index in [1.165, 1.54) is 30.3 Å². The van der Waals surface area contributed by atoms with Crippen molar-refractivity contribution in [1.29, 1.82) is 0 Å². The number of hydrogen-bond acceptors (Lipinski definition) is 4. The van der Waals surface area contributed by atoms with Gasteiger partial charge in [0.2, 0.25) is 0 Å². The van der Waals surface area contributed by atoms with Crippen LogP contribution in [0, 0.1) is 0 Å². The Bertz CT molecular complexity index is 960. The molecule has 0 heterocycles. The molecule has 0 aromatic heterocycles. The number of phosphoric acid groups is 1. The average Bonchev–Trinajstić information content (AvgIpc) is 2.64. The summed E-state index contributed by atoms with van der Waals surface area (Å²) in [5, 5.41) is 0.0257. The van der Waals surface area contributed by atoms with Gasteiger partial charge in [0.1, 0.15) is 5.75 Å². The van der Waals surface area contributed by atoms with Crippen molar-refractivity contribution in [1.82, 2.24) is 0 Å². The van der Waals surface area contributed by atoms with Gasteiger partial charge in [-0.05, 0) is 30.3 Å². The zero-order valence-electron chi connectivity index (χ0n) is 13.4. The smallest absolute Gasteiger partial charge is 0.395 e. The predicted octanol–water partition coefficient (Wildman–Crippen LogP) is 5.13. The van der Waals surface area contributed by atoms with Gasteiger partial charge in [-0.15, -0.1) is 0 Å². The van der Waals surface area contributed by atoms with Gasteiger partial charge in [-0.3, -0.25) is 9.69 Å². The van der Waals surface area contributed by atoms with Gasteiger partial charge in [-0.2, -0.15) is 0 Å². The highest BCUT2D eigenvalue weighted by atomic mass is 35.5. The molecule has 1 N–H and O–H groups in total. The van der Waals surface area contributed by atoms with Crippen LogP contribution in [0.2, 0.25) is 5.02 Å². The molecule has 0 aliphatic carbocycles. The number of halogens is 1. The van der Waals surface area contributed by atoms with Crippen LogP contribution in [-0.4, -0.2) is 10.7 Å². The third kappa shape index (κ3) is 4.52. The fraction of sp³-hybridized carbons (Fsp3) is 0. The molecule has 1 atom stereocenters. The fourth-order valence-corrected chi connectivity index (χ4v) is 3.34. The number of phosphoric ester groups is 1. The number of rotatable bonds is 6. The second-order valence-corrected chi connectivity index (χ2v) is 7.01. The van der Waals surface area contributed by atoms with E-state index in [1.807, 2.05) is 6.07 Å². The highest BCUT2D eigenvalue weighted by molar-refractivity contribution is 7.48. The lowest BCUT2D eigenvalue weighted by Gasteiger charge is -2.15. The van der Waals surface area contributed by atoms with Crippen LogP contribution in [-0.2, 0) is 4.57 Å². The summed E-state index contributed by atoms with van der Waals surface area (Å²) in [7, 11) is -4.43. The van der Waals surface area contributed by atoms with Crippen molar-refractivity contribution < 1.29 is 23.3 Å². The molecule has 7 heteroatoms. The molecule has 0 radical (unpaired) electrons. The molecule has 0 aliphatic rings. The third-order valence-corrected chi connectivity index (χ3v) is 4.57. The number of hydrogen-bond donors (Lipinski definition) is 1. The van der Waals surface area contributed by atoms with Gasteiger partial charge in [0.05, 0.1) is 5.02 Å². The van der Waals surface area contributed by atoms with Crippen molar-refractivity contribution in [3.05, 3.63) is 95.0 Å². The number of para-hydroxylation sites is 1. The Morgan fingerprint density at radius 3 is 2.08 bits per heavy atom. The highest BCUT2D eigenvalue weighted by Crippen LogP contribution is 2.46. The second kappa shape index (κ2) is 7.75. The molecule has 3 aromatic carbocycles. The first kappa shape index (κ1) is 18.2. The van der Waals surface area contributed by atoms with Gasteiger partial charge in [0.25, 0.3) is 0 Å². The maximum Gasteiger partial charge on any atom is 0.584 e. The lowest BCUT2D eigenvalue weighted by atomic mass is 10.0. The molecule has 132 valence electrons. The van der Waals surface area contributed by atoms with E-state index in [-0.39, 0.29) is 22.3 Å². The van der Waals surface area contributed by atoms with Crippen LogP contribution in [0.1, 0.15) is 15.9 Å². The molecule has 0 amide bonds. The lowest BCUT2D eigenvalue weighted by Crippen LogP contribution is -2.03. The predicted molar refractivity (Wildman–Crippen MR) is 98.8 cm³/mol. The third-order valence-electron chi connectivity index (χ3n) is 3.41. The quantitative estimate of drug-likeness (QED) is 0.468. The molecule has 0 fully saturated rings. The Balaban J connectivity index is 1.77. The monoisotopic (exact) mass is 388 g/mol. The van der Waals surface area contributed by atoms with Crippen LogP contribution in [0.4, 0.5) is 0 Å². The van der Waals surface area contributed by atoms with E-state index in [2.05, 4.69) is 0 Å². The van der Waals surface area contributed by atoms with Crippen LogP contribution < -0.4 is 9.05 Å². The van der Waals surface area contributed by atoms with Gasteiger partial charge in [0.15, 0.2) is 11.5 Å². The lowest BCUT2D eigenvalue weighted by molar-refractivity contribution is 0.103. The summed E-state index contributed by atoms with van der Waals surface area (Å²) in [6.07, 6.45) is 0. The van der Waals surface area contributed by atoms with Gasteiger partial charge in [-0.1, -0.05) is 60.1 Å². The molecule has 0 saturated heterocycles. The van der Waals surface area contributed by atoms with Crippen LogP contribution in [0.5, 0.6) is 11.5 Å². The number of benzene rings is 3. The minimum atomic E-state index is -4.43. The fourth-order valence-electron chi connectivity index (χ4n) is 2.23. The average molecular weight is 389 g/mol. The van der Waals surface area contributed by atoms with E-state index in [4.69, 9.17) is 20.6 Å². The Morgan fingerprint density at radius 2 is 1.46 bits per heavy atom. The Kier molecular flexibility index (Phi) is 5.43. The van der Waals surface area contributed by atoms with Crippen LogP contribution in [0.15, 0.2) is 78.9 Å². The van der Waals surface area contributed by atoms with Crippen molar-refractivity contribution in [2.75, 3.05) is 0 Å². The van der Waals surface area contributed by atoms with E-state index in [9.17, 15) is 14.3 Å². The van der Waals surface area contributed by atoms with E-state index < -0.39 is 7.82 Å². The Morgan fingerprint density at radius 1 is 0.846 bits per heavy atom. The van der Waals surface area contributed by atoms with Crippen molar-refractivity contribution in [2.45, 2.75) is 0 Å². The summed E-state index contributed by atoms with van der Waals surface area (Å²) >= 11 is 6.10. The number of carbonyl (C=O) groups is 1. The molecule has 26 heavy (non-hydrogen) atoms. The molecule has 0 bridgehead atoms. The second-order valence-electron chi connectivity index (χ2n) is 5.30. The van der Waals surface area contributed by atoms with Crippen molar-refractivity contribution in [2.24, 2.45) is 0 Å². The van der Waals surface area contributed by atoms with E-state index in [0.29, 0.717) is 11.1 Å². The van der Waals surface area contributed by atoms with E-state index in [1.54, 1.807) is 42.5 Å². The Labute approximate surface area is 155 Å². The summed E-state index contributed by atoms with van der Waals surface area (Å²) in [6, 6.07) is 21.0. The van der Waals surface area contributed by atoms with Crippen molar-refractivity contribution in [3.8, 4) is 11.5 Å². The minimum Gasteiger partial charge on any atom is -0.395 e. The summed E-state index contributed by atoms with van der Waals surface area (Å²) in [5.41, 5.74) is 0.850. The molecule has 3 aromatic rings. The topological polar surface area (TPSA) is 72.8 Å². The summed E-state index contributed by atoms with van der Waals surface area (Å²) < 4.78 is 22.1. The molecular formula is C19H14ClO5P. The van der Waals surface area contributed by atoms with Gasteiger partial charge in [-0.25, -0.2) is 4.57 Å². The standard InChI is InChI=1S/C19H14ClO5P/c20-17-13-15(19(21)14-7-3-1-4-8-14)11-12-18(17)25-26(22,23)24-16-9-5-2-6-10-16/h1-13H,(H,22,23). The Hall–Kier alpha value is -2.59. The van der Waals surface area contributed by atoms with Crippen molar-refractivity contribution >= 4 is 25.2 Å². The number of ketones is 1. The van der Waals surface area contributed by atoms with Crippen LogP contribution in [0.25, 0.3) is 0 Å². The zero-order chi connectivity index (χ0) is 18.6. The first-order valence-electron chi connectivity index (χ1n) is 7.61. The molecule has 1 unspecified atom stereocenters.